The second-order valence-corrected chi connectivity index (χ2v) is 15.2. The van der Waals surface area contributed by atoms with E-state index < -0.39 is 0 Å². The van der Waals surface area contributed by atoms with E-state index in [1.807, 2.05) is 18.2 Å². The predicted octanol–water partition coefficient (Wildman–Crippen LogP) is 16.3. The molecule has 10 aromatic carbocycles. The Bertz CT molecular complexity index is 3540. The molecule has 0 saturated carbocycles. The maximum absolute atomic E-state index is 6.62. The van der Waals surface area contributed by atoms with Crippen molar-refractivity contribution in [1.82, 2.24) is 0 Å². The average Bonchev–Trinajstić information content (AvgIpc) is 3.89. The smallest absolute Gasteiger partial charge is 0.143 e. The molecule has 0 aliphatic carbocycles. The third-order valence-corrected chi connectivity index (χ3v) is 11.9. The standard InChI is InChI=1S/C56H35NO2/c1-2-12-36(13-3-1)45-35-34-43(54-50-17-7-9-23-53(50)59-56(45)54)38-24-29-40(30-25-38)57(51-21-11-19-46-42-15-5-4-14-37(42)28-33-47(46)51)41-31-26-39(27-32-41)44-18-10-20-49-48-16-6-8-22-52(48)58-55(44)49/h1-35H. The van der Waals surface area contributed by atoms with Gasteiger partial charge in [-0.1, -0.05) is 164 Å². The van der Waals surface area contributed by atoms with E-state index in [4.69, 9.17) is 8.83 Å². The van der Waals surface area contributed by atoms with Crippen LogP contribution in [0.5, 0.6) is 0 Å². The molecule has 0 bridgehead atoms. The van der Waals surface area contributed by atoms with Crippen molar-refractivity contribution in [2.45, 2.75) is 0 Å². The van der Waals surface area contributed by atoms with Gasteiger partial charge >= 0.3 is 0 Å². The predicted molar refractivity (Wildman–Crippen MR) is 247 cm³/mol. The average molecular weight is 754 g/mol. The largest absolute Gasteiger partial charge is 0.455 e. The molecule has 0 aliphatic rings. The topological polar surface area (TPSA) is 29.5 Å². The molecule has 0 radical (unpaired) electrons. The van der Waals surface area contributed by atoms with Gasteiger partial charge in [-0.3, -0.25) is 0 Å². The highest BCUT2D eigenvalue weighted by Crippen LogP contribution is 2.45. The summed E-state index contributed by atoms with van der Waals surface area (Å²) in [4.78, 5) is 2.38. The van der Waals surface area contributed by atoms with Gasteiger partial charge in [-0.2, -0.15) is 0 Å². The molecule has 0 aliphatic heterocycles. The number of hydrogen-bond donors (Lipinski definition) is 0. The summed E-state index contributed by atoms with van der Waals surface area (Å²) in [5.74, 6) is 0. The number of anilines is 3. The summed E-state index contributed by atoms with van der Waals surface area (Å²) in [5, 5.41) is 9.39. The summed E-state index contributed by atoms with van der Waals surface area (Å²) in [5.41, 5.74) is 13.5. The number of hydrogen-bond acceptors (Lipinski definition) is 3. The summed E-state index contributed by atoms with van der Waals surface area (Å²) in [7, 11) is 0. The Morgan fingerprint density at radius 3 is 1.61 bits per heavy atom. The lowest BCUT2D eigenvalue weighted by Crippen LogP contribution is -2.10. The zero-order valence-corrected chi connectivity index (χ0v) is 32.0. The second-order valence-electron chi connectivity index (χ2n) is 15.2. The van der Waals surface area contributed by atoms with Crippen LogP contribution in [-0.2, 0) is 0 Å². The van der Waals surface area contributed by atoms with Gasteiger partial charge in [0.2, 0.25) is 0 Å². The van der Waals surface area contributed by atoms with Crippen LogP contribution in [0.15, 0.2) is 221 Å². The molecular weight excluding hydrogens is 719 g/mol. The quantitative estimate of drug-likeness (QED) is 0.158. The first-order chi connectivity index (χ1) is 29.3. The van der Waals surface area contributed by atoms with E-state index in [1.54, 1.807) is 0 Å². The molecule has 276 valence electrons. The Balaban J connectivity index is 1.01. The van der Waals surface area contributed by atoms with Gasteiger partial charge in [-0.15, -0.1) is 0 Å². The maximum Gasteiger partial charge on any atom is 0.143 e. The molecule has 0 atom stereocenters. The first-order valence-corrected chi connectivity index (χ1v) is 20.1. The van der Waals surface area contributed by atoms with Crippen LogP contribution in [0.4, 0.5) is 17.1 Å². The molecule has 0 spiro atoms. The molecule has 2 aromatic heterocycles. The third-order valence-electron chi connectivity index (χ3n) is 11.9. The molecule has 3 nitrogen and oxygen atoms in total. The first kappa shape index (κ1) is 33.3. The van der Waals surface area contributed by atoms with E-state index in [2.05, 4.69) is 199 Å². The fourth-order valence-electron chi connectivity index (χ4n) is 9.11. The number of fused-ring (bicyclic) bond motifs is 9. The normalized spacial score (nSPS) is 11.7. The van der Waals surface area contributed by atoms with Crippen LogP contribution >= 0.6 is 0 Å². The van der Waals surface area contributed by atoms with E-state index in [0.29, 0.717) is 0 Å². The van der Waals surface area contributed by atoms with E-state index in [9.17, 15) is 0 Å². The summed E-state index contributed by atoms with van der Waals surface area (Å²) >= 11 is 0. The fraction of sp³-hybridized carbons (Fsp3) is 0. The minimum Gasteiger partial charge on any atom is -0.455 e. The van der Waals surface area contributed by atoms with Crippen molar-refractivity contribution < 1.29 is 8.83 Å². The van der Waals surface area contributed by atoms with Crippen molar-refractivity contribution in [3.05, 3.63) is 212 Å². The minimum absolute atomic E-state index is 0.887. The van der Waals surface area contributed by atoms with Crippen molar-refractivity contribution in [2.24, 2.45) is 0 Å². The molecule has 0 amide bonds. The zero-order valence-electron chi connectivity index (χ0n) is 32.0. The minimum atomic E-state index is 0.887. The molecule has 59 heavy (non-hydrogen) atoms. The lowest BCUT2D eigenvalue weighted by atomic mass is 9.94. The summed E-state index contributed by atoms with van der Waals surface area (Å²) in [6.07, 6.45) is 0. The van der Waals surface area contributed by atoms with Gasteiger partial charge in [-0.05, 0) is 86.9 Å². The third kappa shape index (κ3) is 5.36. The van der Waals surface area contributed by atoms with Gasteiger partial charge in [0.1, 0.15) is 22.3 Å². The highest BCUT2D eigenvalue weighted by molar-refractivity contribution is 6.17. The number of para-hydroxylation sites is 3. The van der Waals surface area contributed by atoms with Gasteiger partial charge in [0, 0.05) is 49.4 Å². The van der Waals surface area contributed by atoms with Gasteiger partial charge < -0.3 is 13.7 Å². The van der Waals surface area contributed by atoms with Crippen LogP contribution in [-0.4, -0.2) is 0 Å². The molecule has 0 N–H and O–H groups in total. The molecule has 12 rings (SSSR count). The zero-order chi connectivity index (χ0) is 38.9. The molecule has 2 heterocycles. The second kappa shape index (κ2) is 13.4. The Kier molecular flexibility index (Phi) is 7.54. The van der Waals surface area contributed by atoms with E-state index in [1.165, 1.54) is 21.5 Å². The van der Waals surface area contributed by atoms with Crippen molar-refractivity contribution in [3.8, 4) is 33.4 Å². The number of furan rings is 2. The number of benzene rings is 10. The fourth-order valence-corrected chi connectivity index (χ4v) is 9.11. The van der Waals surface area contributed by atoms with Gasteiger partial charge in [-0.25, -0.2) is 0 Å². The molecule has 3 heteroatoms. The monoisotopic (exact) mass is 753 g/mol. The molecule has 0 saturated heterocycles. The van der Waals surface area contributed by atoms with Gasteiger partial charge in [0.25, 0.3) is 0 Å². The molecule has 0 unspecified atom stereocenters. The Morgan fingerprint density at radius 1 is 0.288 bits per heavy atom. The van der Waals surface area contributed by atoms with E-state index in [0.717, 1.165) is 94.3 Å². The van der Waals surface area contributed by atoms with Crippen LogP contribution in [0.1, 0.15) is 0 Å². The summed E-state index contributed by atoms with van der Waals surface area (Å²) in [6.45, 7) is 0. The van der Waals surface area contributed by atoms with Crippen molar-refractivity contribution >= 4 is 82.5 Å². The summed E-state index contributed by atoms with van der Waals surface area (Å²) in [6, 6.07) is 75.6. The first-order valence-electron chi connectivity index (χ1n) is 20.1. The molecular formula is C56H35NO2. The molecule has 12 aromatic rings. The van der Waals surface area contributed by atoms with Crippen molar-refractivity contribution in [1.29, 1.82) is 0 Å². The highest BCUT2D eigenvalue weighted by atomic mass is 16.3. The van der Waals surface area contributed by atoms with Crippen molar-refractivity contribution in [2.75, 3.05) is 4.90 Å². The molecule has 0 fully saturated rings. The lowest BCUT2D eigenvalue weighted by molar-refractivity contribution is 0.669. The van der Waals surface area contributed by atoms with Crippen LogP contribution in [0.3, 0.4) is 0 Å². The van der Waals surface area contributed by atoms with Crippen LogP contribution < -0.4 is 4.90 Å². The number of nitrogens with zero attached hydrogens (tertiary/aromatic N) is 1. The highest BCUT2D eigenvalue weighted by Gasteiger charge is 2.20. The van der Waals surface area contributed by atoms with Crippen LogP contribution in [0.2, 0.25) is 0 Å². The SMILES string of the molecule is c1ccc(-c2ccc(-c3ccc(N(c4ccc(-c5cccc6c5oc5ccccc56)cc4)c4cccc5c4ccc4ccccc45)cc3)c3c2oc2ccccc23)cc1. The van der Waals surface area contributed by atoms with E-state index in [-0.39, 0.29) is 0 Å². The van der Waals surface area contributed by atoms with Crippen molar-refractivity contribution in [3.63, 3.8) is 0 Å². The maximum atomic E-state index is 6.62. The number of rotatable bonds is 6. The van der Waals surface area contributed by atoms with E-state index >= 15 is 0 Å². The Hall–Kier alpha value is -7.88. The van der Waals surface area contributed by atoms with Gasteiger partial charge in [0.05, 0.1) is 5.69 Å². The summed E-state index contributed by atoms with van der Waals surface area (Å²) < 4.78 is 13.1. The van der Waals surface area contributed by atoms with Crippen LogP contribution in [0.25, 0.3) is 98.8 Å². The lowest BCUT2D eigenvalue weighted by Gasteiger charge is -2.27. The Labute approximate surface area is 340 Å². The van der Waals surface area contributed by atoms with Gasteiger partial charge in [0.15, 0.2) is 0 Å². The Morgan fingerprint density at radius 2 is 0.831 bits per heavy atom. The van der Waals surface area contributed by atoms with Crippen LogP contribution in [0, 0.1) is 0 Å².